The first kappa shape index (κ1) is 14.8. The van der Waals surface area contributed by atoms with E-state index in [2.05, 4.69) is 26.6 Å². The Labute approximate surface area is 127 Å². The number of hydrogen-bond acceptors (Lipinski definition) is 2. The van der Waals surface area contributed by atoms with Crippen LogP contribution in [0.3, 0.4) is 0 Å². The number of carbonyl (C=O) groups is 1. The Morgan fingerprint density at radius 1 is 1.20 bits per heavy atom. The van der Waals surface area contributed by atoms with Gasteiger partial charge in [-0.15, -0.1) is 0 Å². The van der Waals surface area contributed by atoms with Crippen molar-refractivity contribution in [2.75, 3.05) is 12.4 Å². The summed E-state index contributed by atoms with van der Waals surface area (Å²) in [5.41, 5.74) is 3.58. The summed E-state index contributed by atoms with van der Waals surface area (Å²) in [7, 11) is 1.90. The maximum atomic E-state index is 12.3. The van der Waals surface area contributed by atoms with Crippen LogP contribution in [0.15, 0.2) is 46.9 Å². The van der Waals surface area contributed by atoms with E-state index in [0.29, 0.717) is 5.56 Å². The van der Waals surface area contributed by atoms with Crippen molar-refractivity contribution < 1.29 is 4.79 Å². The van der Waals surface area contributed by atoms with Gasteiger partial charge in [0.05, 0.1) is 0 Å². The van der Waals surface area contributed by atoms with Crippen molar-refractivity contribution >= 4 is 27.5 Å². The summed E-state index contributed by atoms with van der Waals surface area (Å²) in [6, 6.07) is 13.5. The molecule has 104 valence electrons. The molecule has 0 atom stereocenters. The van der Waals surface area contributed by atoms with Crippen molar-refractivity contribution in [2.45, 2.75) is 13.5 Å². The van der Waals surface area contributed by atoms with Gasteiger partial charge in [-0.3, -0.25) is 4.79 Å². The first-order valence-corrected chi connectivity index (χ1v) is 7.20. The Balaban J connectivity index is 2.17. The van der Waals surface area contributed by atoms with E-state index in [1.807, 2.05) is 56.4 Å². The molecule has 0 radical (unpaired) electrons. The summed E-state index contributed by atoms with van der Waals surface area (Å²) < 4.78 is 0.975. The summed E-state index contributed by atoms with van der Waals surface area (Å²) >= 11 is 3.40. The molecule has 2 N–H and O–H groups in total. The van der Waals surface area contributed by atoms with Crippen LogP contribution in [0, 0.1) is 6.92 Å². The highest BCUT2D eigenvalue weighted by molar-refractivity contribution is 9.10. The van der Waals surface area contributed by atoms with Crippen LogP contribution >= 0.6 is 15.9 Å². The molecule has 0 saturated carbocycles. The lowest BCUT2D eigenvalue weighted by Gasteiger charge is -2.09. The molecule has 2 aromatic carbocycles. The lowest BCUT2D eigenvalue weighted by Crippen LogP contribution is -2.14. The Hall–Kier alpha value is -1.65. The van der Waals surface area contributed by atoms with Crippen LogP contribution in [0.25, 0.3) is 0 Å². The van der Waals surface area contributed by atoms with Crippen molar-refractivity contribution in [1.82, 2.24) is 5.32 Å². The predicted octanol–water partition coefficient (Wildman–Crippen LogP) is 3.73. The van der Waals surface area contributed by atoms with Gasteiger partial charge in [-0.25, -0.2) is 0 Å². The monoisotopic (exact) mass is 332 g/mol. The maximum absolute atomic E-state index is 12.3. The van der Waals surface area contributed by atoms with Crippen LogP contribution in [0.5, 0.6) is 0 Å². The van der Waals surface area contributed by atoms with Crippen molar-refractivity contribution in [2.24, 2.45) is 0 Å². The van der Waals surface area contributed by atoms with Gasteiger partial charge in [0.25, 0.3) is 5.91 Å². The fourth-order valence-corrected chi connectivity index (χ4v) is 2.52. The van der Waals surface area contributed by atoms with E-state index in [4.69, 9.17) is 0 Å². The lowest BCUT2D eigenvalue weighted by atomic mass is 10.1. The number of amides is 1. The molecule has 20 heavy (non-hydrogen) atoms. The molecule has 0 aliphatic carbocycles. The summed E-state index contributed by atoms with van der Waals surface area (Å²) in [5.74, 6) is -0.0865. The second-order valence-corrected chi connectivity index (χ2v) is 5.56. The third-order valence-electron chi connectivity index (χ3n) is 3.00. The van der Waals surface area contributed by atoms with Crippen LogP contribution in [0.2, 0.25) is 0 Å². The molecular weight excluding hydrogens is 316 g/mol. The molecule has 0 unspecified atom stereocenters. The second-order valence-electron chi connectivity index (χ2n) is 4.64. The molecule has 3 nitrogen and oxygen atoms in total. The van der Waals surface area contributed by atoms with E-state index in [1.165, 1.54) is 0 Å². The molecule has 0 aliphatic heterocycles. The Morgan fingerprint density at radius 3 is 2.70 bits per heavy atom. The van der Waals surface area contributed by atoms with Crippen LogP contribution in [0.1, 0.15) is 21.5 Å². The van der Waals surface area contributed by atoms with E-state index in [9.17, 15) is 4.79 Å². The summed E-state index contributed by atoms with van der Waals surface area (Å²) in [5, 5.41) is 6.03. The van der Waals surface area contributed by atoms with Gasteiger partial charge in [-0.05, 0) is 55.4 Å². The van der Waals surface area contributed by atoms with Crippen molar-refractivity contribution in [3.05, 3.63) is 63.6 Å². The smallest absolute Gasteiger partial charge is 0.255 e. The standard InChI is InChI=1S/C16H17BrN2O/c1-11-8-13(17)6-7-15(11)16(20)19-14-5-3-4-12(9-14)10-18-2/h3-9,18H,10H2,1-2H3,(H,19,20). The fourth-order valence-electron chi connectivity index (χ4n) is 2.04. The Kier molecular flexibility index (Phi) is 4.93. The zero-order valence-corrected chi connectivity index (χ0v) is 13.1. The normalized spacial score (nSPS) is 10.3. The summed E-state index contributed by atoms with van der Waals surface area (Å²) in [4.78, 5) is 12.3. The van der Waals surface area contributed by atoms with Crippen LogP contribution in [0.4, 0.5) is 5.69 Å². The largest absolute Gasteiger partial charge is 0.322 e. The summed E-state index contributed by atoms with van der Waals surface area (Å²) in [6.07, 6.45) is 0. The molecule has 1 amide bonds. The topological polar surface area (TPSA) is 41.1 Å². The van der Waals surface area contributed by atoms with Crippen LogP contribution in [-0.4, -0.2) is 13.0 Å². The van der Waals surface area contributed by atoms with Gasteiger partial charge in [0.15, 0.2) is 0 Å². The minimum atomic E-state index is -0.0865. The molecule has 0 aliphatic rings. The van der Waals surface area contributed by atoms with Gasteiger partial charge in [0.1, 0.15) is 0 Å². The van der Waals surface area contributed by atoms with Gasteiger partial charge < -0.3 is 10.6 Å². The minimum absolute atomic E-state index is 0.0865. The molecule has 0 bridgehead atoms. The average molecular weight is 333 g/mol. The highest BCUT2D eigenvalue weighted by Gasteiger charge is 2.09. The van der Waals surface area contributed by atoms with E-state index in [0.717, 1.165) is 27.8 Å². The molecule has 2 rings (SSSR count). The molecular formula is C16H17BrN2O. The average Bonchev–Trinajstić information content (AvgIpc) is 2.39. The van der Waals surface area contributed by atoms with Crippen molar-refractivity contribution in [3.63, 3.8) is 0 Å². The molecule has 0 fully saturated rings. The quantitative estimate of drug-likeness (QED) is 0.895. The maximum Gasteiger partial charge on any atom is 0.255 e. The van der Waals surface area contributed by atoms with Gasteiger partial charge >= 0.3 is 0 Å². The van der Waals surface area contributed by atoms with E-state index in [-0.39, 0.29) is 5.91 Å². The highest BCUT2D eigenvalue weighted by atomic mass is 79.9. The minimum Gasteiger partial charge on any atom is -0.322 e. The number of carbonyl (C=O) groups excluding carboxylic acids is 1. The number of aryl methyl sites for hydroxylation is 1. The molecule has 0 heterocycles. The third-order valence-corrected chi connectivity index (χ3v) is 3.49. The van der Waals surface area contributed by atoms with Crippen molar-refractivity contribution in [1.29, 1.82) is 0 Å². The highest BCUT2D eigenvalue weighted by Crippen LogP contribution is 2.18. The number of hydrogen-bond donors (Lipinski definition) is 2. The lowest BCUT2D eigenvalue weighted by molar-refractivity contribution is 0.102. The second kappa shape index (κ2) is 6.68. The van der Waals surface area contributed by atoms with E-state index in [1.54, 1.807) is 0 Å². The molecule has 0 saturated heterocycles. The zero-order valence-electron chi connectivity index (χ0n) is 11.5. The molecule has 0 aromatic heterocycles. The molecule has 2 aromatic rings. The van der Waals surface area contributed by atoms with Crippen LogP contribution in [-0.2, 0) is 6.54 Å². The SMILES string of the molecule is CNCc1cccc(NC(=O)c2ccc(Br)cc2C)c1. The number of benzene rings is 2. The predicted molar refractivity (Wildman–Crippen MR) is 86.0 cm³/mol. The fraction of sp³-hybridized carbons (Fsp3) is 0.188. The summed E-state index contributed by atoms with van der Waals surface area (Å²) in [6.45, 7) is 2.71. The third kappa shape index (κ3) is 3.68. The zero-order chi connectivity index (χ0) is 14.5. The van der Waals surface area contributed by atoms with Gasteiger partial charge in [-0.1, -0.05) is 28.1 Å². The van der Waals surface area contributed by atoms with Crippen molar-refractivity contribution in [3.8, 4) is 0 Å². The molecule has 4 heteroatoms. The van der Waals surface area contributed by atoms with Crippen LogP contribution < -0.4 is 10.6 Å². The Bertz CT molecular complexity index is 626. The first-order chi connectivity index (χ1) is 9.60. The first-order valence-electron chi connectivity index (χ1n) is 6.41. The van der Waals surface area contributed by atoms with Gasteiger partial charge in [-0.2, -0.15) is 0 Å². The number of halogens is 1. The van der Waals surface area contributed by atoms with Gasteiger partial charge in [0.2, 0.25) is 0 Å². The molecule has 0 spiro atoms. The number of rotatable bonds is 4. The van der Waals surface area contributed by atoms with E-state index < -0.39 is 0 Å². The number of nitrogens with one attached hydrogen (secondary N) is 2. The Morgan fingerprint density at radius 2 is 2.00 bits per heavy atom. The number of anilines is 1. The van der Waals surface area contributed by atoms with E-state index >= 15 is 0 Å². The van der Waals surface area contributed by atoms with Gasteiger partial charge in [0, 0.05) is 22.3 Å².